The minimum atomic E-state index is -0.150. The van der Waals surface area contributed by atoms with Crippen molar-refractivity contribution >= 4 is 16.8 Å². The molecule has 0 saturated carbocycles. The largest absolute Gasteiger partial charge is 0.278 e. The van der Waals surface area contributed by atoms with Crippen molar-refractivity contribution in [2.45, 2.75) is 57.8 Å². The second-order valence-corrected chi connectivity index (χ2v) is 19.5. The zero-order chi connectivity index (χ0) is 42.6. The monoisotopic (exact) mass is 809 g/mol. The lowest BCUT2D eigenvalue weighted by molar-refractivity contribution is 0.660. The maximum atomic E-state index is 5.84. The molecule has 0 bridgehead atoms. The molecule has 13 rings (SSSR count). The van der Waals surface area contributed by atoms with E-state index in [0.29, 0.717) is 0 Å². The van der Waals surface area contributed by atoms with Crippen molar-refractivity contribution in [1.82, 2.24) is 14.0 Å². The number of fused-ring (bicyclic) bond motifs is 12. The highest BCUT2D eigenvalue weighted by Crippen LogP contribution is 2.56. The van der Waals surface area contributed by atoms with Crippen LogP contribution in [0.2, 0.25) is 0 Å². The molecule has 8 aromatic carbocycles. The fraction of sp³-hybridized carbons (Fsp3) is 0.150. The standard InChI is InChI=1S/C60H47N3/c1-58(2)43-26-13-10-21-39(43)52-38(24-16-29-46(52)58)37-33-34-49-51(35-37)63-56(42-25-17-30-47-53(42)40-22-11-14-27-44(40)59(47,3)4)55(36-19-8-7-9-20-36)61-57(63)62(49)50-32-18-31-48-54(50)41-23-12-15-28-45(41)60(48,5)6/h7-35H,1-6H3. The average molecular weight is 810 g/mol. The van der Waals surface area contributed by atoms with E-state index in [1.165, 1.54) is 83.5 Å². The number of nitrogens with zero attached hydrogens (tertiary/aromatic N) is 3. The molecule has 0 saturated heterocycles. The molecule has 0 spiro atoms. The first kappa shape index (κ1) is 36.4. The van der Waals surface area contributed by atoms with Gasteiger partial charge in [0, 0.05) is 32.9 Å². The fourth-order valence-corrected chi connectivity index (χ4v) is 12.1. The van der Waals surface area contributed by atoms with Crippen LogP contribution in [-0.4, -0.2) is 14.0 Å². The first-order valence-electron chi connectivity index (χ1n) is 22.4. The van der Waals surface area contributed by atoms with Crippen molar-refractivity contribution in [1.29, 1.82) is 0 Å². The van der Waals surface area contributed by atoms with Gasteiger partial charge >= 0.3 is 0 Å². The molecule has 0 radical (unpaired) electrons. The normalized spacial score (nSPS) is 15.5. The van der Waals surface area contributed by atoms with Crippen molar-refractivity contribution in [3.63, 3.8) is 0 Å². The molecule has 0 atom stereocenters. The first-order valence-corrected chi connectivity index (χ1v) is 22.4. The predicted molar refractivity (Wildman–Crippen MR) is 261 cm³/mol. The summed E-state index contributed by atoms with van der Waals surface area (Å²) in [4.78, 5) is 5.84. The van der Waals surface area contributed by atoms with Crippen LogP contribution in [-0.2, 0) is 16.2 Å². The molecule has 10 aromatic rings. The Bertz CT molecular complexity index is 3590. The second-order valence-electron chi connectivity index (χ2n) is 19.5. The van der Waals surface area contributed by atoms with E-state index in [-0.39, 0.29) is 16.2 Å². The molecule has 2 aromatic heterocycles. The highest BCUT2D eigenvalue weighted by atomic mass is 15.2. The number of aromatic nitrogens is 3. The smallest absolute Gasteiger partial charge is 0.220 e. The number of hydrogen-bond donors (Lipinski definition) is 0. The van der Waals surface area contributed by atoms with Crippen LogP contribution < -0.4 is 0 Å². The minimum absolute atomic E-state index is 0.0970. The summed E-state index contributed by atoms with van der Waals surface area (Å²) >= 11 is 0. The predicted octanol–water partition coefficient (Wildman–Crippen LogP) is 15.2. The van der Waals surface area contributed by atoms with E-state index >= 15 is 0 Å². The van der Waals surface area contributed by atoms with Gasteiger partial charge in [0.05, 0.1) is 28.1 Å². The van der Waals surface area contributed by atoms with Crippen molar-refractivity contribution in [2.75, 3.05) is 0 Å². The highest BCUT2D eigenvalue weighted by Gasteiger charge is 2.41. The van der Waals surface area contributed by atoms with E-state index < -0.39 is 0 Å². The van der Waals surface area contributed by atoms with Crippen LogP contribution in [0.15, 0.2) is 176 Å². The Morgan fingerprint density at radius 2 is 0.825 bits per heavy atom. The summed E-state index contributed by atoms with van der Waals surface area (Å²) in [5.41, 5.74) is 25.8. The van der Waals surface area contributed by atoms with Gasteiger partial charge in [0.1, 0.15) is 0 Å². The summed E-state index contributed by atoms with van der Waals surface area (Å²) in [5, 5.41) is 0. The maximum Gasteiger partial charge on any atom is 0.220 e. The van der Waals surface area contributed by atoms with E-state index in [1.54, 1.807) is 0 Å². The van der Waals surface area contributed by atoms with E-state index in [4.69, 9.17) is 4.98 Å². The van der Waals surface area contributed by atoms with Crippen molar-refractivity contribution < 1.29 is 0 Å². The Balaban J connectivity index is 1.19. The third-order valence-electron chi connectivity index (χ3n) is 15.2. The Labute approximate surface area is 369 Å². The quantitative estimate of drug-likeness (QED) is 0.174. The molecule has 3 aliphatic carbocycles. The Kier molecular flexibility index (Phi) is 7.20. The molecule has 0 aliphatic heterocycles. The summed E-state index contributed by atoms with van der Waals surface area (Å²) < 4.78 is 4.96. The highest BCUT2D eigenvalue weighted by molar-refractivity contribution is 6.02. The average Bonchev–Trinajstić information content (AvgIpc) is 4.04. The first-order chi connectivity index (χ1) is 30.6. The van der Waals surface area contributed by atoms with E-state index in [9.17, 15) is 0 Å². The topological polar surface area (TPSA) is 22.2 Å². The summed E-state index contributed by atoms with van der Waals surface area (Å²) in [5.74, 6) is 0.902. The van der Waals surface area contributed by atoms with Gasteiger partial charge in [-0.05, 0) is 90.5 Å². The summed E-state index contributed by atoms with van der Waals surface area (Å²) in [6, 6.07) is 65.7. The van der Waals surface area contributed by atoms with Gasteiger partial charge in [-0.2, -0.15) is 0 Å². The van der Waals surface area contributed by atoms with Crippen LogP contribution in [0.25, 0.3) is 89.5 Å². The van der Waals surface area contributed by atoms with E-state index in [0.717, 1.165) is 39.4 Å². The summed E-state index contributed by atoms with van der Waals surface area (Å²) in [7, 11) is 0. The van der Waals surface area contributed by atoms with Crippen LogP contribution >= 0.6 is 0 Å². The molecule has 3 aliphatic rings. The van der Waals surface area contributed by atoms with Crippen LogP contribution in [0.5, 0.6) is 0 Å². The number of benzene rings is 8. The van der Waals surface area contributed by atoms with Crippen molar-refractivity contribution in [2.24, 2.45) is 0 Å². The van der Waals surface area contributed by atoms with Gasteiger partial charge in [-0.15, -0.1) is 0 Å². The van der Waals surface area contributed by atoms with Gasteiger partial charge in [-0.1, -0.05) is 199 Å². The van der Waals surface area contributed by atoms with Gasteiger partial charge in [0.25, 0.3) is 0 Å². The summed E-state index contributed by atoms with van der Waals surface area (Å²) in [6.07, 6.45) is 0. The minimum Gasteiger partial charge on any atom is -0.278 e. The Hall–Kier alpha value is -7.23. The van der Waals surface area contributed by atoms with Gasteiger partial charge in [-0.3, -0.25) is 8.97 Å². The second kappa shape index (κ2) is 12.5. The molecular formula is C60H47N3. The molecule has 0 N–H and O–H groups in total. The van der Waals surface area contributed by atoms with Crippen LogP contribution in [0, 0.1) is 0 Å². The Morgan fingerprint density at radius 1 is 0.365 bits per heavy atom. The van der Waals surface area contributed by atoms with Crippen LogP contribution in [0.4, 0.5) is 0 Å². The lowest BCUT2D eigenvalue weighted by Crippen LogP contribution is -2.15. The van der Waals surface area contributed by atoms with Crippen molar-refractivity contribution in [3.8, 4) is 72.7 Å². The molecule has 0 unspecified atom stereocenters. The van der Waals surface area contributed by atoms with Gasteiger partial charge < -0.3 is 0 Å². The molecule has 0 fully saturated rings. The van der Waals surface area contributed by atoms with E-state index in [1.807, 2.05) is 0 Å². The SMILES string of the molecule is CC1(C)c2ccccc2-c2c(-c3ccc4c(c3)n3c(-c5cccc6c5-c5ccccc5C6(C)C)c(-c5ccccc5)nc3n4-c3cccc4c3-c3ccccc3C4(C)C)cccc21. The van der Waals surface area contributed by atoms with Crippen molar-refractivity contribution in [3.05, 3.63) is 209 Å². The number of hydrogen-bond acceptors (Lipinski definition) is 1. The van der Waals surface area contributed by atoms with Crippen LogP contribution in [0.3, 0.4) is 0 Å². The van der Waals surface area contributed by atoms with Gasteiger partial charge in [0.15, 0.2) is 0 Å². The number of imidazole rings is 2. The maximum absolute atomic E-state index is 5.84. The number of rotatable bonds is 4. The molecule has 302 valence electrons. The Morgan fingerprint density at radius 3 is 1.43 bits per heavy atom. The molecular weight excluding hydrogens is 763 g/mol. The van der Waals surface area contributed by atoms with Gasteiger partial charge in [-0.25, -0.2) is 4.98 Å². The lowest BCUT2D eigenvalue weighted by Gasteiger charge is -2.21. The molecule has 3 nitrogen and oxygen atoms in total. The third-order valence-corrected chi connectivity index (χ3v) is 15.2. The molecule has 0 amide bonds. The molecule has 3 heteroatoms. The summed E-state index contributed by atoms with van der Waals surface area (Å²) in [6.45, 7) is 14.2. The van der Waals surface area contributed by atoms with Gasteiger partial charge in [0.2, 0.25) is 5.78 Å². The molecule has 2 heterocycles. The van der Waals surface area contributed by atoms with Crippen LogP contribution in [0.1, 0.15) is 74.9 Å². The molecule has 63 heavy (non-hydrogen) atoms. The zero-order valence-corrected chi connectivity index (χ0v) is 36.6. The third kappa shape index (κ3) is 4.67. The lowest BCUT2D eigenvalue weighted by atomic mass is 9.82. The van der Waals surface area contributed by atoms with E-state index in [2.05, 4.69) is 226 Å². The zero-order valence-electron chi connectivity index (χ0n) is 36.6. The fourth-order valence-electron chi connectivity index (χ4n) is 12.1.